The summed E-state index contributed by atoms with van der Waals surface area (Å²) >= 11 is 0. The molecule has 0 bridgehead atoms. The minimum atomic E-state index is -0.0487. The van der Waals surface area contributed by atoms with Crippen molar-refractivity contribution in [3.63, 3.8) is 0 Å². The Morgan fingerprint density at radius 3 is 2.30 bits per heavy atom. The molecule has 0 aromatic rings. The van der Waals surface area contributed by atoms with Crippen LogP contribution in [-0.4, -0.2) is 5.78 Å². The molecule has 130 valence electrons. The predicted molar refractivity (Wildman–Crippen MR) is 95.1 cm³/mol. The second-order valence-electron chi connectivity index (χ2n) is 10.3. The van der Waals surface area contributed by atoms with Crippen molar-refractivity contribution >= 4 is 5.78 Å². The van der Waals surface area contributed by atoms with Crippen LogP contribution in [-0.2, 0) is 4.79 Å². The van der Waals surface area contributed by atoms with Crippen molar-refractivity contribution in [1.82, 2.24) is 0 Å². The van der Waals surface area contributed by atoms with Gasteiger partial charge in [0.05, 0.1) is 0 Å². The lowest BCUT2D eigenvalue weighted by Gasteiger charge is -2.61. The molecule has 3 unspecified atom stereocenters. The Kier molecular flexibility index (Phi) is 3.57. The smallest absolute Gasteiger partial charge is 0.136 e. The largest absolute Gasteiger partial charge is 0.299 e. The Morgan fingerprint density at radius 2 is 1.57 bits per heavy atom. The molecule has 0 aromatic carbocycles. The van der Waals surface area contributed by atoms with Gasteiger partial charge >= 0.3 is 0 Å². The van der Waals surface area contributed by atoms with Crippen molar-refractivity contribution < 1.29 is 4.79 Å². The molecule has 0 saturated heterocycles. The molecule has 4 rings (SSSR count). The summed E-state index contributed by atoms with van der Waals surface area (Å²) in [6, 6.07) is 0. The zero-order valence-corrected chi connectivity index (χ0v) is 15.8. The molecule has 4 fully saturated rings. The summed E-state index contributed by atoms with van der Waals surface area (Å²) < 4.78 is 0. The number of hydrogen-bond donors (Lipinski definition) is 0. The fourth-order valence-electron chi connectivity index (χ4n) is 8.14. The van der Waals surface area contributed by atoms with E-state index in [1.807, 2.05) is 6.92 Å². The van der Waals surface area contributed by atoms with Gasteiger partial charge in [0.25, 0.3) is 0 Å². The Bertz CT molecular complexity index is 510. The fraction of sp³-hybridized carbons (Fsp3) is 0.955. The molecule has 0 N–H and O–H groups in total. The highest BCUT2D eigenvalue weighted by molar-refractivity contribution is 5.83. The molecular formula is C22H36O. The second-order valence-corrected chi connectivity index (χ2v) is 10.3. The van der Waals surface area contributed by atoms with E-state index in [4.69, 9.17) is 0 Å². The lowest BCUT2D eigenvalue weighted by molar-refractivity contribution is -0.146. The number of hydrogen-bond acceptors (Lipinski definition) is 1. The zero-order valence-electron chi connectivity index (χ0n) is 15.8. The topological polar surface area (TPSA) is 17.1 Å². The van der Waals surface area contributed by atoms with Crippen molar-refractivity contribution in [1.29, 1.82) is 0 Å². The van der Waals surface area contributed by atoms with Crippen molar-refractivity contribution in [2.45, 2.75) is 91.9 Å². The highest BCUT2D eigenvalue weighted by Crippen LogP contribution is 2.70. The third-order valence-electron chi connectivity index (χ3n) is 9.97. The molecule has 23 heavy (non-hydrogen) atoms. The van der Waals surface area contributed by atoms with E-state index in [0.717, 1.165) is 30.1 Å². The van der Waals surface area contributed by atoms with Gasteiger partial charge in [-0.25, -0.2) is 0 Å². The summed E-state index contributed by atoms with van der Waals surface area (Å²) in [5.74, 6) is 4.14. The fourth-order valence-corrected chi connectivity index (χ4v) is 8.14. The van der Waals surface area contributed by atoms with Gasteiger partial charge in [0.1, 0.15) is 5.78 Å². The van der Waals surface area contributed by atoms with Crippen molar-refractivity contribution in [2.75, 3.05) is 0 Å². The standard InChI is InChI=1S/C22H36O/c1-15(23)21(3)13-11-19-17-9-8-16-7-5-6-12-20(16,2)18(17)10-14-22(19,21)4/h16-19H,5-14H2,1-4H3/t16-,17?,18?,19?,20+,21-,22+/m1/s1. The molecule has 4 saturated carbocycles. The summed E-state index contributed by atoms with van der Waals surface area (Å²) in [7, 11) is 0. The number of rotatable bonds is 1. The van der Waals surface area contributed by atoms with E-state index in [9.17, 15) is 4.79 Å². The van der Waals surface area contributed by atoms with Gasteiger partial charge in [-0.1, -0.05) is 33.6 Å². The predicted octanol–water partition coefficient (Wildman–Crippen LogP) is 6.01. The Labute approximate surface area is 143 Å². The summed E-state index contributed by atoms with van der Waals surface area (Å²) in [5, 5.41) is 0. The van der Waals surface area contributed by atoms with E-state index in [1.165, 1.54) is 57.8 Å². The molecular weight excluding hydrogens is 280 g/mol. The van der Waals surface area contributed by atoms with E-state index in [-0.39, 0.29) is 10.8 Å². The summed E-state index contributed by atoms with van der Waals surface area (Å²) in [6.07, 6.45) is 14.0. The second kappa shape index (κ2) is 5.09. The maximum Gasteiger partial charge on any atom is 0.136 e. The first-order valence-electron chi connectivity index (χ1n) is 10.3. The first-order chi connectivity index (χ1) is 10.8. The first kappa shape index (κ1) is 16.2. The lowest BCUT2D eigenvalue weighted by Crippen LogP contribution is -2.54. The van der Waals surface area contributed by atoms with Crippen LogP contribution in [0.25, 0.3) is 0 Å². The van der Waals surface area contributed by atoms with E-state index >= 15 is 0 Å². The van der Waals surface area contributed by atoms with E-state index in [1.54, 1.807) is 0 Å². The highest BCUT2D eigenvalue weighted by Gasteiger charge is 2.64. The Hall–Kier alpha value is -0.330. The summed E-state index contributed by atoms with van der Waals surface area (Å²) in [6.45, 7) is 9.29. The Balaban J connectivity index is 1.67. The number of Topliss-reactive ketones (excluding diaryl/α,β-unsaturated/α-hetero) is 1. The van der Waals surface area contributed by atoms with Crippen LogP contribution in [0, 0.1) is 39.9 Å². The molecule has 1 heteroatoms. The van der Waals surface area contributed by atoms with Crippen LogP contribution >= 0.6 is 0 Å². The van der Waals surface area contributed by atoms with Crippen LogP contribution in [0.1, 0.15) is 91.9 Å². The summed E-state index contributed by atoms with van der Waals surface area (Å²) in [4.78, 5) is 12.5. The van der Waals surface area contributed by atoms with Gasteiger partial charge in [0, 0.05) is 5.41 Å². The molecule has 1 nitrogen and oxygen atoms in total. The van der Waals surface area contributed by atoms with Gasteiger partial charge in [0.15, 0.2) is 0 Å². The SMILES string of the molecule is CC(=O)[C@@]1(C)CCC2C3CC[C@H]4CCCC[C@]4(C)C3CC[C@@]21C. The minimum absolute atomic E-state index is 0.0487. The third-order valence-corrected chi connectivity index (χ3v) is 9.97. The van der Waals surface area contributed by atoms with Crippen molar-refractivity contribution in [3.05, 3.63) is 0 Å². The summed E-state index contributed by atoms with van der Waals surface area (Å²) in [5.41, 5.74) is 0.850. The average Bonchev–Trinajstić information content (AvgIpc) is 2.80. The van der Waals surface area contributed by atoms with Crippen molar-refractivity contribution in [3.8, 4) is 0 Å². The molecule has 0 radical (unpaired) electrons. The van der Waals surface area contributed by atoms with Gasteiger partial charge in [-0.05, 0) is 92.8 Å². The minimum Gasteiger partial charge on any atom is -0.299 e. The van der Waals surface area contributed by atoms with Gasteiger partial charge < -0.3 is 0 Å². The van der Waals surface area contributed by atoms with Gasteiger partial charge in [-0.3, -0.25) is 4.79 Å². The monoisotopic (exact) mass is 316 g/mol. The first-order valence-corrected chi connectivity index (χ1v) is 10.3. The van der Waals surface area contributed by atoms with E-state index < -0.39 is 0 Å². The molecule has 0 aliphatic heterocycles. The Morgan fingerprint density at radius 1 is 0.826 bits per heavy atom. The molecule has 0 aromatic heterocycles. The number of ketones is 1. The van der Waals surface area contributed by atoms with Crippen LogP contribution in [0.5, 0.6) is 0 Å². The zero-order chi connectivity index (χ0) is 16.5. The number of fused-ring (bicyclic) bond motifs is 5. The maximum atomic E-state index is 12.5. The molecule has 4 aliphatic carbocycles. The lowest BCUT2D eigenvalue weighted by atomic mass is 9.43. The van der Waals surface area contributed by atoms with Crippen LogP contribution < -0.4 is 0 Å². The molecule has 4 aliphatic rings. The van der Waals surface area contributed by atoms with Crippen LogP contribution in [0.3, 0.4) is 0 Å². The van der Waals surface area contributed by atoms with E-state index in [0.29, 0.717) is 11.2 Å². The van der Waals surface area contributed by atoms with Gasteiger partial charge in [-0.2, -0.15) is 0 Å². The van der Waals surface area contributed by atoms with Gasteiger partial charge in [-0.15, -0.1) is 0 Å². The molecule has 0 spiro atoms. The third kappa shape index (κ3) is 1.94. The van der Waals surface area contributed by atoms with Gasteiger partial charge in [0.2, 0.25) is 0 Å². The average molecular weight is 317 g/mol. The maximum absolute atomic E-state index is 12.5. The van der Waals surface area contributed by atoms with Crippen LogP contribution in [0.4, 0.5) is 0 Å². The van der Waals surface area contributed by atoms with Crippen LogP contribution in [0.2, 0.25) is 0 Å². The molecule has 7 atom stereocenters. The molecule has 0 amide bonds. The quantitative estimate of drug-likeness (QED) is 0.578. The molecule has 0 heterocycles. The van der Waals surface area contributed by atoms with Crippen LogP contribution in [0.15, 0.2) is 0 Å². The normalized spacial score (nSPS) is 55.7. The highest BCUT2D eigenvalue weighted by atomic mass is 16.1. The van der Waals surface area contributed by atoms with E-state index in [2.05, 4.69) is 20.8 Å². The van der Waals surface area contributed by atoms with Crippen molar-refractivity contribution in [2.24, 2.45) is 39.9 Å². The number of carbonyl (C=O) groups is 1. The number of carbonyl (C=O) groups excluding carboxylic acids is 1.